The molecule has 78 valence electrons. The summed E-state index contributed by atoms with van der Waals surface area (Å²) in [5, 5.41) is 4.44. The fraction of sp³-hybridized carbons (Fsp3) is 0.444. The highest BCUT2D eigenvalue weighted by atomic mass is 79.9. The van der Waals surface area contributed by atoms with E-state index in [0.717, 1.165) is 9.35 Å². The molecule has 0 saturated carbocycles. The Labute approximate surface area is 94.6 Å². The maximum Gasteiger partial charge on any atom is 0.257 e. The number of alkyl halides is 1. The smallest absolute Gasteiger partial charge is 0.257 e. The number of carbonyl (C=O) groups is 1. The highest BCUT2D eigenvalue weighted by Gasteiger charge is 2.26. The standard InChI is InChI=1S/C9H11BrFNOS/c1-9(2,11)8(13)12-5-7-6(10)3-4-14-7/h3-4H,5H2,1-2H3,(H,12,13). The molecule has 1 N–H and O–H groups in total. The molecule has 0 aliphatic carbocycles. The fourth-order valence-corrected chi connectivity index (χ4v) is 2.25. The lowest BCUT2D eigenvalue weighted by molar-refractivity contribution is -0.130. The zero-order chi connectivity index (χ0) is 10.8. The van der Waals surface area contributed by atoms with Crippen molar-refractivity contribution in [3.8, 4) is 0 Å². The van der Waals surface area contributed by atoms with Gasteiger partial charge in [0.2, 0.25) is 0 Å². The summed E-state index contributed by atoms with van der Waals surface area (Å²) in [7, 11) is 0. The summed E-state index contributed by atoms with van der Waals surface area (Å²) in [6.45, 7) is 2.85. The Hall–Kier alpha value is -0.420. The van der Waals surface area contributed by atoms with Crippen LogP contribution in [0.15, 0.2) is 15.9 Å². The minimum atomic E-state index is -1.82. The predicted octanol–water partition coefficient (Wildman–Crippen LogP) is 2.87. The molecule has 5 heteroatoms. The highest BCUT2D eigenvalue weighted by molar-refractivity contribution is 9.10. The lowest BCUT2D eigenvalue weighted by Crippen LogP contribution is -2.38. The summed E-state index contributed by atoms with van der Waals surface area (Å²) in [6, 6.07) is 1.90. The molecule has 0 aromatic carbocycles. The Balaban J connectivity index is 2.50. The van der Waals surface area contributed by atoms with Crippen molar-refractivity contribution in [1.29, 1.82) is 0 Å². The molecule has 0 aliphatic rings. The van der Waals surface area contributed by atoms with Crippen LogP contribution in [0.2, 0.25) is 0 Å². The van der Waals surface area contributed by atoms with Crippen molar-refractivity contribution in [2.24, 2.45) is 0 Å². The van der Waals surface area contributed by atoms with Crippen LogP contribution in [0.3, 0.4) is 0 Å². The molecule has 1 aromatic heterocycles. The molecule has 14 heavy (non-hydrogen) atoms. The van der Waals surface area contributed by atoms with Gasteiger partial charge in [-0.3, -0.25) is 4.79 Å². The van der Waals surface area contributed by atoms with Gasteiger partial charge in [0, 0.05) is 9.35 Å². The van der Waals surface area contributed by atoms with E-state index in [1.165, 1.54) is 25.2 Å². The quantitative estimate of drug-likeness (QED) is 0.906. The zero-order valence-electron chi connectivity index (χ0n) is 7.93. The average molecular weight is 280 g/mol. The van der Waals surface area contributed by atoms with Crippen LogP contribution in [-0.2, 0) is 11.3 Å². The topological polar surface area (TPSA) is 29.1 Å². The van der Waals surface area contributed by atoms with E-state index in [2.05, 4.69) is 21.2 Å². The number of halogens is 2. The number of amides is 1. The maximum absolute atomic E-state index is 13.1. The Morgan fingerprint density at radius 3 is 2.79 bits per heavy atom. The molecule has 1 heterocycles. The first-order valence-electron chi connectivity index (χ1n) is 4.10. The maximum atomic E-state index is 13.1. The van der Waals surface area contributed by atoms with E-state index in [9.17, 15) is 9.18 Å². The van der Waals surface area contributed by atoms with E-state index < -0.39 is 11.6 Å². The molecule has 1 rings (SSSR count). The molecule has 2 nitrogen and oxygen atoms in total. The van der Waals surface area contributed by atoms with Gasteiger partial charge in [-0.1, -0.05) is 0 Å². The van der Waals surface area contributed by atoms with Gasteiger partial charge in [0.1, 0.15) is 0 Å². The van der Waals surface area contributed by atoms with Crippen LogP contribution in [0.5, 0.6) is 0 Å². The van der Waals surface area contributed by atoms with E-state index >= 15 is 0 Å². The van der Waals surface area contributed by atoms with Gasteiger partial charge in [0.05, 0.1) is 6.54 Å². The van der Waals surface area contributed by atoms with Gasteiger partial charge in [0.25, 0.3) is 5.91 Å². The normalized spacial score (nSPS) is 11.4. The van der Waals surface area contributed by atoms with Gasteiger partial charge in [-0.2, -0.15) is 0 Å². The molecule has 0 aliphatic heterocycles. The molecule has 0 bridgehead atoms. The third-order valence-corrected chi connectivity index (χ3v) is 3.57. The van der Waals surface area contributed by atoms with Crippen LogP contribution in [0.4, 0.5) is 4.39 Å². The Morgan fingerprint density at radius 2 is 2.36 bits per heavy atom. The number of hydrogen-bond acceptors (Lipinski definition) is 2. The van der Waals surface area contributed by atoms with Crippen LogP contribution in [0, 0.1) is 0 Å². The zero-order valence-corrected chi connectivity index (χ0v) is 10.3. The van der Waals surface area contributed by atoms with Gasteiger partial charge < -0.3 is 5.32 Å². The van der Waals surface area contributed by atoms with Crippen molar-refractivity contribution >= 4 is 33.2 Å². The first-order valence-corrected chi connectivity index (χ1v) is 5.77. The average Bonchev–Trinajstić information content (AvgIpc) is 2.45. The van der Waals surface area contributed by atoms with Crippen molar-refractivity contribution in [1.82, 2.24) is 5.32 Å². The summed E-state index contributed by atoms with van der Waals surface area (Å²) in [5.74, 6) is -0.585. The number of thiophene rings is 1. The van der Waals surface area contributed by atoms with Crippen LogP contribution >= 0.6 is 27.3 Å². The van der Waals surface area contributed by atoms with Gasteiger partial charge in [-0.05, 0) is 41.2 Å². The van der Waals surface area contributed by atoms with Crippen molar-refractivity contribution in [3.05, 3.63) is 20.8 Å². The number of carbonyl (C=O) groups excluding carboxylic acids is 1. The minimum absolute atomic E-state index is 0.366. The summed E-state index contributed by atoms with van der Waals surface area (Å²) < 4.78 is 14.0. The van der Waals surface area contributed by atoms with Gasteiger partial charge in [0.15, 0.2) is 5.67 Å². The first kappa shape index (κ1) is 11.7. The third-order valence-electron chi connectivity index (χ3n) is 1.64. The lowest BCUT2D eigenvalue weighted by Gasteiger charge is -2.13. The Kier molecular flexibility index (Phi) is 3.66. The van der Waals surface area contributed by atoms with Crippen LogP contribution in [0.25, 0.3) is 0 Å². The number of rotatable bonds is 3. The van der Waals surface area contributed by atoms with Gasteiger partial charge >= 0.3 is 0 Å². The number of nitrogens with one attached hydrogen (secondary N) is 1. The van der Waals surface area contributed by atoms with Crippen molar-refractivity contribution in [3.63, 3.8) is 0 Å². The van der Waals surface area contributed by atoms with Gasteiger partial charge in [-0.15, -0.1) is 11.3 Å². The van der Waals surface area contributed by atoms with Crippen molar-refractivity contribution < 1.29 is 9.18 Å². The highest BCUT2D eigenvalue weighted by Crippen LogP contribution is 2.22. The summed E-state index contributed by atoms with van der Waals surface area (Å²) in [6.07, 6.45) is 0. The summed E-state index contributed by atoms with van der Waals surface area (Å²) in [5.41, 5.74) is -1.82. The molecule has 1 aromatic rings. The van der Waals surface area contributed by atoms with E-state index in [1.54, 1.807) is 0 Å². The second kappa shape index (κ2) is 4.40. The van der Waals surface area contributed by atoms with E-state index in [0.29, 0.717) is 6.54 Å². The summed E-state index contributed by atoms with van der Waals surface area (Å²) in [4.78, 5) is 12.2. The van der Waals surface area contributed by atoms with E-state index in [1.807, 2.05) is 11.4 Å². The largest absolute Gasteiger partial charge is 0.348 e. The van der Waals surface area contributed by atoms with Gasteiger partial charge in [-0.25, -0.2) is 4.39 Å². The third kappa shape index (κ3) is 3.06. The molecule has 0 unspecified atom stereocenters. The summed E-state index contributed by atoms with van der Waals surface area (Å²) >= 11 is 4.85. The lowest BCUT2D eigenvalue weighted by atomic mass is 10.1. The van der Waals surface area contributed by atoms with Crippen LogP contribution in [0.1, 0.15) is 18.7 Å². The van der Waals surface area contributed by atoms with E-state index in [-0.39, 0.29) is 0 Å². The monoisotopic (exact) mass is 279 g/mol. The van der Waals surface area contributed by atoms with Crippen molar-refractivity contribution in [2.45, 2.75) is 26.1 Å². The molecule has 1 amide bonds. The van der Waals surface area contributed by atoms with Crippen molar-refractivity contribution in [2.75, 3.05) is 0 Å². The molecule has 0 fully saturated rings. The fourth-order valence-electron chi connectivity index (χ4n) is 0.822. The second-order valence-electron chi connectivity index (χ2n) is 3.35. The SMILES string of the molecule is CC(C)(F)C(=O)NCc1sccc1Br. The van der Waals surface area contributed by atoms with Crippen LogP contribution < -0.4 is 5.32 Å². The molecule has 0 saturated heterocycles. The second-order valence-corrected chi connectivity index (χ2v) is 5.20. The first-order chi connectivity index (χ1) is 6.41. The molecular weight excluding hydrogens is 269 g/mol. The Bertz CT molecular complexity index is 332. The molecule has 0 atom stereocenters. The molecule has 0 spiro atoms. The van der Waals surface area contributed by atoms with E-state index in [4.69, 9.17) is 0 Å². The molecule has 0 radical (unpaired) electrons. The predicted molar refractivity (Wildman–Crippen MR) is 59.1 cm³/mol. The Morgan fingerprint density at radius 1 is 1.71 bits per heavy atom. The number of hydrogen-bond donors (Lipinski definition) is 1. The van der Waals surface area contributed by atoms with Crippen LogP contribution in [-0.4, -0.2) is 11.6 Å². The minimum Gasteiger partial charge on any atom is -0.348 e. The molecular formula is C9H11BrFNOS.